The van der Waals surface area contributed by atoms with E-state index in [0.717, 1.165) is 16.5 Å². The Hall–Kier alpha value is -2.23. The maximum atomic E-state index is 12.7. The number of aryl methyl sites for hydroxylation is 4. The maximum Gasteiger partial charge on any atom is 0.276 e. The smallest absolute Gasteiger partial charge is 0.276 e. The van der Waals surface area contributed by atoms with Crippen molar-refractivity contribution in [3.05, 3.63) is 46.1 Å². The predicted octanol–water partition coefficient (Wildman–Crippen LogP) is 3.28. The summed E-state index contributed by atoms with van der Waals surface area (Å²) in [6.07, 6.45) is 1.54. The molecule has 0 radical (unpaired) electrons. The van der Waals surface area contributed by atoms with E-state index in [4.69, 9.17) is 4.98 Å². The summed E-state index contributed by atoms with van der Waals surface area (Å²) in [5, 5.41) is 3.05. The summed E-state index contributed by atoms with van der Waals surface area (Å²) < 4.78 is 27.0. The fraction of sp³-hybridized carbons (Fsp3) is 0.400. The number of piperazine rings is 1. The van der Waals surface area contributed by atoms with Gasteiger partial charge in [-0.25, -0.2) is 18.4 Å². The van der Waals surface area contributed by atoms with Gasteiger partial charge < -0.3 is 9.88 Å². The van der Waals surface area contributed by atoms with Gasteiger partial charge in [0.2, 0.25) is 5.16 Å². The second-order valence-electron chi connectivity index (χ2n) is 7.55. The number of H-pyrrole nitrogens is 1. The van der Waals surface area contributed by atoms with Gasteiger partial charge in [-0.2, -0.15) is 4.31 Å². The number of anilines is 1. The summed E-state index contributed by atoms with van der Waals surface area (Å²) in [5.74, 6) is 0. The van der Waals surface area contributed by atoms with Gasteiger partial charge >= 0.3 is 0 Å². The number of imidazole rings is 1. The van der Waals surface area contributed by atoms with Crippen LogP contribution in [0.4, 0.5) is 5.13 Å². The number of thiazole rings is 1. The molecule has 0 saturated carbocycles. The first-order chi connectivity index (χ1) is 13.8. The molecule has 1 aromatic carbocycles. The number of rotatable bonds is 4. The molecule has 2 aromatic heterocycles. The van der Waals surface area contributed by atoms with Crippen molar-refractivity contribution in [1.29, 1.82) is 0 Å². The van der Waals surface area contributed by atoms with Crippen molar-refractivity contribution in [3.63, 3.8) is 0 Å². The third-order valence-electron chi connectivity index (χ3n) is 5.20. The molecule has 3 heterocycles. The second kappa shape index (κ2) is 7.55. The van der Waals surface area contributed by atoms with E-state index in [1.54, 1.807) is 18.3 Å². The van der Waals surface area contributed by atoms with Crippen LogP contribution in [-0.4, -0.2) is 53.9 Å². The lowest BCUT2D eigenvalue weighted by atomic mass is 9.98. The van der Waals surface area contributed by atoms with Crippen LogP contribution >= 0.6 is 11.3 Å². The van der Waals surface area contributed by atoms with Crippen LogP contribution in [0.5, 0.6) is 0 Å². The van der Waals surface area contributed by atoms with Gasteiger partial charge in [0.05, 0.1) is 5.69 Å². The average Bonchev–Trinajstić information content (AvgIpc) is 3.31. The third-order valence-corrected chi connectivity index (χ3v) is 7.84. The van der Waals surface area contributed by atoms with E-state index >= 15 is 0 Å². The molecule has 0 unspecified atom stereocenters. The van der Waals surface area contributed by atoms with Gasteiger partial charge in [-0.1, -0.05) is 17.7 Å². The second-order valence-corrected chi connectivity index (χ2v) is 10.2. The highest BCUT2D eigenvalue weighted by Crippen LogP contribution is 2.33. The molecule has 4 rings (SSSR count). The summed E-state index contributed by atoms with van der Waals surface area (Å²) in [7, 11) is -3.58. The number of nitrogens with zero attached hydrogens (tertiary/aromatic N) is 4. The molecule has 1 fully saturated rings. The first-order valence-electron chi connectivity index (χ1n) is 9.56. The normalized spacial score (nSPS) is 15.8. The van der Waals surface area contributed by atoms with E-state index in [0.29, 0.717) is 26.2 Å². The Balaban J connectivity index is 1.49. The molecule has 9 heteroatoms. The van der Waals surface area contributed by atoms with Crippen molar-refractivity contribution in [3.8, 4) is 11.3 Å². The molecule has 29 heavy (non-hydrogen) atoms. The summed E-state index contributed by atoms with van der Waals surface area (Å²) in [6, 6.07) is 4.36. The Kier molecular flexibility index (Phi) is 5.22. The molecule has 0 bridgehead atoms. The number of benzene rings is 1. The first-order valence-corrected chi connectivity index (χ1v) is 11.9. The molecule has 1 aliphatic rings. The zero-order valence-corrected chi connectivity index (χ0v) is 18.7. The van der Waals surface area contributed by atoms with E-state index < -0.39 is 10.0 Å². The van der Waals surface area contributed by atoms with Crippen LogP contribution in [0.15, 0.2) is 28.9 Å². The molecule has 0 atom stereocenters. The number of hydrogen-bond donors (Lipinski definition) is 1. The number of nitrogens with one attached hydrogen (secondary N) is 1. The lowest BCUT2D eigenvalue weighted by Gasteiger charge is -2.33. The quantitative estimate of drug-likeness (QED) is 0.686. The minimum absolute atomic E-state index is 0.0188. The monoisotopic (exact) mass is 431 g/mol. The maximum absolute atomic E-state index is 12.7. The van der Waals surface area contributed by atoms with Crippen molar-refractivity contribution in [2.24, 2.45) is 0 Å². The molecule has 154 valence electrons. The van der Waals surface area contributed by atoms with Gasteiger partial charge in [0.1, 0.15) is 0 Å². The Morgan fingerprint density at radius 2 is 1.69 bits per heavy atom. The molecule has 0 amide bonds. The highest BCUT2D eigenvalue weighted by molar-refractivity contribution is 7.89. The number of hydrogen-bond acceptors (Lipinski definition) is 6. The summed E-state index contributed by atoms with van der Waals surface area (Å²) >= 11 is 1.61. The lowest BCUT2D eigenvalue weighted by molar-refractivity contribution is 0.382. The van der Waals surface area contributed by atoms with E-state index in [1.807, 2.05) is 0 Å². The molecule has 0 aliphatic carbocycles. The zero-order chi connectivity index (χ0) is 20.8. The SMILES string of the molecule is Cc1cc(C)c(-c2csc(N3CCN(S(=O)(=O)c4ncc(C)[nH]4)CC3)n2)c(C)c1. The van der Waals surface area contributed by atoms with Crippen LogP contribution in [0.3, 0.4) is 0 Å². The minimum Gasteiger partial charge on any atom is -0.345 e. The van der Waals surface area contributed by atoms with Gasteiger partial charge in [-0.05, 0) is 38.8 Å². The molecular weight excluding hydrogens is 406 g/mol. The number of sulfonamides is 1. The summed E-state index contributed by atoms with van der Waals surface area (Å²) in [5.41, 5.74) is 6.61. The fourth-order valence-corrected chi connectivity index (χ4v) is 6.10. The van der Waals surface area contributed by atoms with E-state index in [2.05, 4.69) is 53.2 Å². The highest BCUT2D eigenvalue weighted by atomic mass is 32.2. The number of aromatic nitrogens is 3. The average molecular weight is 432 g/mol. The van der Waals surface area contributed by atoms with E-state index in [1.165, 1.54) is 32.8 Å². The van der Waals surface area contributed by atoms with Gasteiger partial charge in [0.25, 0.3) is 10.0 Å². The predicted molar refractivity (Wildman–Crippen MR) is 116 cm³/mol. The van der Waals surface area contributed by atoms with Gasteiger partial charge in [-0.3, -0.25) is 0 Å². The molecule has 1 N–H and O–H groups in total. The molecule has 0 spiro atoms. The highest BCUT2D eigenvalue weighted by Gasteiger charge is 2.31. The molecule has 1 saturated heterocycles. The molecular formula is C20H25N5O2S2. The van der Waals surface area contributed by atoms with Crippen molar-refractivity contribution in [1.82, 2.24) is 19.3 Å². The van der Waals surface area contributed by atoms with Crippen molar-refractivity contribution >= 4 is 26.5 Å². The zero-order valence-electron chi connectivity index (χ0n) is 17.1. The lowest BCUT2D eigenvalue weighted by Crippen LogP contribution is -2.48. The van der Waals surface area contributed by atoms with Gasteiger partial charge in [0, 0.05) is 49.0 Å². The molecule has 1 aliphatic heterocycles. The van der Waals surface area contributed by atoms with Gasteiger partial charge in [0.15, 0.2) is 5.13 Å². The van der Waals surface area contributed by atoms with Crippen LogP contribution in [-0.2, 0) is 10.0 Å². The number of aromatic amines is 1. The van der Waals surface area contributed by atoms with E-state index in [-0.39, 0.29) is 5.16 Å². The van der Waals surface area contributed by atoms with Crippen LogP contribution in [0.2, 0.25) is 0 Å². The summed E-state index contributed by atoms with van der Waals surface area (Å²) in [6.45, 7) is 10.2. The van der Waals surface area contributed by atoms with Gasteiger partial charge in [-0.15, -0.1) is 11.3 Å². The van der Waals surface area contributed by atoms with Crippen LogP contribution in [0.1, 0.15) is 22.4 Å². The molecule has 7 nitrogen and oxygen atoms in total. The van der Waals surface area contributed by atoms with Crippen molar-refractivity contribution < 1.29 is 8.42 Å². The fourth-order valence-electron chi connectivity index (χ4n) is 3.87. The standard InChI is InChI=1S/C20H25N5O2S2/c1-13-9-14(2)18(15(3)10-13)17-12-28-20(23-17)24-5-7-25(8-6-24)29(26,27)19-21-11-16(4)22-19/h9-12H,5-8H2,1-4H3,(H,21,22). The van der Waals surface area contributed by atoms with Crippen LogP contribution < -0.4 is 4.90 Å². The Morgan fingerprint density at radius 3 is 2.28 bits per heavy atom. The largest absolute Gasteiger partial charge is 0.345 e. The first kappa shape index (κ1) is 20.1. The third kappa shape index (κ3) is 3.82. The van der Waals surface area contributed by atoms with E-state index in [9.17, 15) is 8.42 Å². The Bertz CT molecular complexity index is 1120. The summed E-state index contributed by atoms with van der Waals surface area (Å²) in [4.78, 5) is 13.8. The molecule has 3 aromatic rings. The minimum atomic E-state index is -3.58. The van der Waals surface area contributed by atoms with Crippen molar-refractivity contribution in [2.45, 2.75) is 32.9 Å². The Labute approximate surface area is 175 Å². The topological polar surface area (TPSA) is 82.2 Å². The Morgan fingerprint density at radius 1 is 1.03 bits per heavy atom. The van der Waals surface area contributed by atoms with Crippen molar-refractivity contribution in [2.75, 3.05) is 31.1 Å². The van der Waals surface area contributed by atoms with Crippen LogP contribution in [0, 0.1) is 27.7 Å². The van der Waals surface area contributed by atoms with Crippen LogP contribution in [0.25, 0.3) is 11.3 Å².